The molecule has 2 aromatic heterocycles. The van der Waals surface area contributed by atoms with Crippen LogP contribution in [-0.4, -0.2) is 38.2 Å². The molecule has 21 heavy (non-hydrogen) atoms. The summed E-state index contributed by atoms with van der Waals surface area (Å²) in [7, 11) is 1.33. The van der Waals surface area contributed by atoms with Crippen LogP contribution in [0.1, 0.15) is 60.0 Å². The minimum absolute atomic E-state index is 0.251. The van der Waals surface area contributed by atoms with E-state index in [4.69, 9.17) is 9.26 Å². The van der Waals surface area contributed by atoms with Gasteiger partial charge in [0.2, 0.25) is 5.89 Å². The summed E-state index contributed by atoms with van der Waals surface area (Å²) in [4.78, 5) is 16.0. The summed E-state index contributed by atoms with van der Waals surface area (Å²) in [6, 6.07) is 0. The molecule has 8 nitrogen and oxygen atoms in total. The number of rotatable bonds is 6. The van der Waals surface area contributed by atoms with Gasteiger partial charge in [-0.3, -0.25) is 0 Å². The Balaban J connectivity index is 1.82. The van der Waals surface area contributed by atoms with Crippen molar-refractivity contribution in [3.63, 3.8) is 0 Å². The number of carbonyl (C=O) groups excluding carboxylic acids is 1. The summed E-state index contributed by atoms with van der Waals surface area (Å²) in [6.07, 6.45) is 3.79. The lowest BCUT2D eigenvalue weighted by Gasteiger charge is -2.03. The summed E-state index contributed by atoms with van der Waals surface area (Å²) in [5, 5.41) is 11.9. The lowest BCUT2D eigenvalue weighted by Crippen LogP contribution is -2.10. The van der Waals surface area contributed by atoms with Crippen LogP contribution in [0.15, 0.2) is 4.52 Å². The summed E-state index contributed by atoms with van der Waals surface area (Å²) < 4.78 is 11.6. The van der Waals surface area contributed by atoms with Gasteiger partial charge in [0, 0.05) is 5.92 Å². The SMILES string of the molecule is CCCc1c(C(=O)OC)nnn1Cc1nc(C2CC2)no1. The molecule has 0 atom stereocenters. The van der Waals surface area contributed by atoms with Crippen LogP contribution >= 0.6 is 0 Å². The Labute approximate surface area is 121 Å². The van der Waals surface area contributed by atoms with E-state index in [-0.39, 0.29) is 5.69 Å². The maximum Gasteiger partial charge on any atom is 0.360 e. The lowest BCUT2D eigenvalue weighted by molar-refractivity contribution is 0.0592. The number of methoxy groups -OCH3 is 1. The van der Waals surface area contributed by atoms with Crippen molar-refractivity contribution in [2.45, 2.75) is 45.1 Å². The number of carbonyl (C=O) groups is 1. The summed E-state index contributed by atoms with van der Waals surface area (Å²) in [5.41, 5.74) is 0.983. The van der Waals surface area contributed by atoms with Crippen molar-refractivity contribution in [3.8, 4) is 0 Å². The zero-order valence-electron chi connectivity index (χ0n) is 12.1. The highest BCUT2D eigenvalue weighted by Gasteiger charge is 2.29. The number of esters is 1. The molecule has 0 saturated heterocycles. The summed E-state index contributed by atoms with van der Waals surface area (Å²) in [5.74, 6) is 1.21. The van der Waals surface area contributed by atoms with Gasteiger partial charge < -0.3 is 9.26 Å². The zero-order chi connectivity index (χ0) is 14.8. The molecule has 112 valence electrons. The minimum atomic E-state index is -0.478. The Morgan fingerprint density at radius 3 is 2.95 bits per heavy atom. The Hall–Kier alpha value is -2.25. The van der Waals surface area contributed by atoms with E-state index in [1.807, 2.05) is 6.92 Å². The molecule has 0 unspecified atom stereocenters. The molecule has 3 rings (SSSR count). The van der Waals surface area contributed by atoms with E-state index in [0.29, 0.717) is 24.8 Å². The Bertz CT molecular complexity index is 644. The molecule has 0 aromatic carbocycles. The monoisotopic (exact) mass is 291 g/mol. The molecule has 8 heteroatoms. The Morgan fingerprint density at radius 1 is 1.48 bits per heavy atom. The van der Waals surface area contributed by atoms with Gasteiger partial charge in [0.25, 0.3) is 0 Å². The second-order valence-corrected chi connectivity index (χ2v) is 5.10. The smallest absolute Gasteiger partial charge is 0.360 e. The first-order valence-corrected chi connectivity index (χ1v) is 7.06. The van der Waals surface area contributed by atoms with E-state index in [1.165, 1.54) is 7.11 Å². The number of ether oxygens (including phenoxy) is 1. The molecule has 1 saturated carbocycles. The number of hydrogen-bond donors (Lipinski definition) is 0. The van der Waals surface area contributed by atoms with E-state index in [2.05, 4.69) is 20.5 Å². The highest BCUT2D eigenvalue weighted by Crippen LogP contribution is 2.38. The third-order valence-corrected chi connectivity index (χ3v) is 3.41. The molecule has 0 radical (unpaired) electrons. The highest BCUT2D eigenvalue weighted by molar-refractivity contribution is 5.88. The van der Waals surface area contributed by atoms with Gasteiger partial charge in [-0.05, 0) is 19.3 Å². The average molecular weight is 291 g/mol. The van der Waals surface area contributed by atoms with Gasteiger partial charge in [-0.2, -0.15) is 4.98 Å². The van der Waals surface area contributed by atoms with Crippen LogP contribution in [0.5, 0.6) is 0 Å². The van der Waals surface area contributed by atoms with Crippen molar-refractivity contribution in [2.75, 3.05) is 7.11 Å². The second-order valence-electron chi connectivity index (χ2n) is 5.10. The molecule has 1 aliphatic carbocycles. The van der Waals surface area contributed by atoms with Crippen molar-refractivity contribution in [3.05, 3.63) is 23.1 Å². The third-order valence-electron chi connectivity index (χ3n) is 3.41. The zero-order valence-corrected chi connectivity index (χ0v) is 12.1. The average Bonchev–Trinajstić information content (AvgIpc) is 3.12. The van der Waals surface area contributed by atoms with Crippen LogP contribution in [0.2, 0.25) is 0 Å². The van der Waals surface area contributed by atoms with Gasteiger partial charge in [0.15, 0.2) is 11.5 Å². The molecular weight excluding hydrogens is 274 g/mol. The predicted molar refractivity (Wildman–Crippen MR) is 70.7 cm³/mol. The van der Waals surface area contributed by atoms with Crippen LogP contribution in [-0.2, 0) is 17.7 Å². The van der Waals surface area contributed by atoms with E-state index < -0.39 is 5.97 Å². The number of aromatic nitrogens is 5. The van der Waals surface area contributed by atoms with Crippen LogP contribution < -0.4 is 0 Å². The molecule has 1 fully saturated rings. The number of hydrogen-bond acceptors (Lipinski definition) is 7. The molecule has 0 amide bonds. The molecule has 0 spiro atoms. The maximum absolute atomic E-state index is 11.7. The fraction of sp³-hybridized carbons (Fsp3) is 0.615. The van der Waals surface area contributed by atoms with E-state index >= 15 is 0 Å². The van der Waals surface area contributed by atoms with Crippen molar-refractivity contribution in [1.29, 1.82) is 0 Å². The van der Waals surface area contributed by atoms with Crippen molar-refractivity contribution in [1.82, 2.24) is 25.1 Å². The highest BCUT2D eigenvalue weighted by atomic mass is 16.5. The van der Waals surface area contributed by atoms with Gasteiger partial charge in [-0.25, -0.2) is 9.48 Å². The topological polar surface area (TPSA) is 95.9 Å². The molecule has 0 N–H and O–H groups in total. The molecule has 2 aromatic rings. The fourth-order valence-corrected chi connectivity index (χ4v) is 2.17. The van der Waals surface area contributed by atoms with Gasteiger partial charge in [0.1, 0.15) is 6.54 Å². The molecular formula is C13H17N5O3. The minimum Gasteiger partial charge on any atom is -0.464 e. The van der Waals surface area contributed by atoms with Gasteiger partial charge in [0.05, 0.1) is 12.8 Å². The van der Waals surface area contributed by atoms with Crippen LogP contribution in [0.4, 0.5) is 0 Å². The number of nitrogens with zero attached hydrogens (tertiary/aromatic N) is 5. The standard InChI is InChI=1S/C13H17N5O3/c1-3-4-9-11(13(19)20-2)15-17-18(9)7-10-14-12(16-21-10)8-5-6-8/h8H,3-7H2,1-2H3. The molecule has 2 heterocycles. The fourth-order valence-electron chi connectivity index (χ4n) is 2.17. The summed E-state index contributed by atoms with van der Waals surface area (Å²) >= 11 is 0. The second kappa shape index (κ2) is 5.63. The van der Waals surface area contributed by atoms with Crippen LogP contribution in [0.25, 0.3) is 0 Å². The largest absolute Gasteiger partial charge is 0.464 e. The lowest BCUT2D eigenvalue weighted by atomic mass is 10.2. The molecule has 0 aliphatic heterocycles. The summed E-state index contributed by atoms with van der Waals surface area (Å²) in [6.45, 7) is 2.34. The maximum atomic E-state index is 11.7. The van der Waals surface area contributed by atoms with Crippen LogP contribution in [0, 0.1) is 0 Å². The van der Waals surface area contributed by atoms with Crippen LogP contribution in [0.3, 0.4) is 0 Å². The first kappa shape index (κ1) is 13.7. The van der Waals surface area contributed by atoms with Gasteiger partial charge in [-0.1, -0.05) is 23.7 Å². The van der Waals surface area contributed by atoms with Crippen molar-refractivity contribution < 1.29 is 14.1 Å². The predicted octanol–water partition coefficient (Wildman–Crippen LogP) is 1.33. The normalized spacial score (nSPS) is 14.4. The van der Waals surface area contributed by atoms with E-state index in [0.717, 1.165) is 30.8 Å². The van der Waals surface area contributed by atoms with E-state index in [1.54, 1.807) is 4.68 Å². The van der Waals surface area contributed by atoms with Crippen molar-refractivity contribution in [2.24, 2.45) is 0 Å². The molecule has 1 aliphatic rings. The van der Waals surface area contributed by atoms with Crippen molar-refractivity contribution >= 4 is 5.97 Å². The quantitative estimate of drug-likeness (QED) is 0.740. The first-order chi connectivity index (χ1) is 10.2. The van der Waals surface area contributed by atoms with Gasteiger partial charge in [-0.15, -0.1) is 5.10 Å². The van der Waals surface area contributed by atoms with E-state index in [9.17, 15) is 4.79 Å². The Morgan fingerprint density at radius 2 is 2.29 bits per heavy atom. The first-order valence-electron chi connectivity index (χ1n) is 7.06. The molecule has 0 bridgehead atoms. The third kappa shape index (κ3) is 2.79. The van der Waals surface area contributed by atoms with Gasteiger partial charge >= 0.3 is 5.97 Å². The Kier molecular flexibility index (Phi) is 3.68.